The molecule has 2 N–H and O–H groups in total. The second kappa shape index (κ2) is 6.14. The van der Waals surface area contributed by atoms with E-state index in [0.717, 1.165) is 30.9 Å². The van der Waals surface area contributed by atoms with E-state index >= 15 is 0 Å². The number of nitrogens with one attached hydrogen (secondary N) is 2. The monoisotopic (exact) mass is 289 g/mol. The van der Waals surface area contributed by atoms with Crippen LogP contribution in [-0.4, -0.2) is 24.5 Å². The summed E-state index contributed by atoms with van der Waals surface area (Å²) in [6.45, 7) is 4.83. The van der Waals surface area contributed by atoms with E-state index in [4.69, 9.17) is 4.99 Å². The first-order chi connectivity index (χ1) is 10.2. The molecule has 1 aliphatic carbocycles. The van der Waals surface area contributed by atoms with Crippen LogP contribution in [0.1, 0.15) is 38.2 Å². The Hall–Kier alpha value is -1.42. The molecular weight excluding hydrogens is 265 g/mol. The summed E-state index contributed by atoms with van der Waals surface area (Å²) in [5, 5.41) is 7.24. The van der Waals surface area contributed by atoms with Crippen molar-refractivity contribution in [2.24, 2.45) is 10.9 Å². The molecule has 2 atom stereocenters. The quantitative estimate of drug-likeness (QED) is 0.878. The zero-order chi connectivity index (χ0) is 14.7. The minimum absolute atomic E-state index is 0.0243. The molecule has 0 bridgehead atoms. The zero-order valence-corrected chi connectivity index (χ0v) is 12.7. The number of halogens is 1. The number of rotatable bonds is 2. The molecule has 0 aromatic heterocycles. The fourth-order valence-corrected chi connectivity index (χ4v) is 3.63. The molecule has 1 spiro atoms. The Labute approximate surface area is 126 Å². The maximum Gasteiger partial charge on any atom is 0.123 e. The van der Waals surface area contributed by atoms with Gasteiger partial charge in [0.1, 0.15) is 11.7 Å². The van der Waals surface area contributed by atoms with Gasteiger partial charge in [0.25, 0.3) is 0 Å². The highest BCUT2D eigenvalue weighted by atomic mass is 19.1. The molecule has 3 rings (SSSR count). The number of nitrogens with zero attached hydrogens (tertiary/aromatic N) is 1. The van der Waals surface area contributed by atoms with Crippen molar-refractivity contribution in [2.75, 3.05) is 13.1 Å². The average Bonchev–Trinajstić information content (AvgIpc) is 2.51. The summed E-state index contributed by atoms with van der Waals surface area (Å²) >= 11 is 0. The van der Waals surface area contributed by atoms with Crippen molar-refractivity contribution in [3.8, 4) is 0 Å². The van der Waals surface area contributed by atoms with Crippen LogP contribution >= 0.6 is 0 Å². The first-order valence-corrected chi connectivity index (χ1v) is 7.99. The molecule has 1 aromatic rings. The molecule has 2 aliphatic rings. The van der Waals surface area contributed by atoms with Crippen molar-refractivity contribution in [3.63, 3.8) is 0 Å². The molecule has 114 valence electrons. The van der Waals surface area contributed by atoms with Gasteiger partial charge in [-0.1, -0.05) is 31.9 Å². The molecule has 21 heavy (non-hydrogen) atoms. The van der Waals surface area contributed by atoms with E-state index in [0.29, 0.717) is 12.5 Å². The van der Waals surface area contributed by atoms with E-state index in [-0.39, 0.29) is 11.4 Å². The van der Waals surface area contributed by atoms with Gasteiger partial charge in [0, 0.05) is 13.1 Å². The lowest BCUT2D eigenvalue weighted by molar-refractivity contribution is 0.215. The van der Waals surface area contributed by atoms with Crippen molar-refractivity contribution < 1.29 is 4.39 Å². The van der Waals surface area contributed by atoms with E-state index < -0.39 is 0 Å². The van der Waals surface area contributed by atoms with Crippen LogP contribution in [0.15, 0.2) is 29.3 Å². The van der Waals surface area contributed by atoms with Crippen LogP contribution < -0.4 is 10.6 Å². The summed E-state index contributed by atoms with van der Waals surface area (Å²) in [6.07, 6.45) is 4.98. The molecule has 1 aliphatic heterocycles. The van der Waals surface area contributed by atoms with Gasteiger partial charge in [0.15, 0.2) is 0 Å². The summed E-state index contributed by atoms with van der Waals surface area (Å²) in [4.78, 5) is 4.76. The third kappa shape index (κ3) is 2.95. The van der Waals surface area contributed by atoms with Crippen molar-refractivity contribution in [3.05, 3.63) is 35.6 Å². The standard InChI is InChI=1S/C17H24FN3/c1-13-4-2-3-9-17(13)16(19-10-11-21-17)20-12-14-5-7-15(18)8-6-14/h5-8,13,21H,2-4,9-12H2,1H3,(H,19,20)/t13-,17-/m0/s1. The van der Waals surface area contributed by atoms with Gasteiger partial charge >= 0.3 is 0 Å². The van der Waals surface area contributed by atoms with Crippen molar-refractivity contribution in [2.45, 2.75) is 44.7 Å². The van der Waals surface area contributed by atoms with Gasteiger partial charge in [-0.3, -0.25) is 4.99 Å². The van der Waals surface area contributed by atoms with Gasteiger partial charge < -0.3 is 10.6 Å². The van der Waals surface area contributed by atoms with Gasteiger partial charge in [0.05, 0.1) is 12.1 Å². The van der Waals surface area contributed by atoms with Crippen LogP contribution in [0.3, 0.4) is 0 Å². The number of amidine groups is 1. The first-order valence-electron chi connectivity index (χ1n) is 7.99. The molecule has 1 aromatic carbocycles. The van der Waals surface area contributed by atoms with Gasteiger partial charge in [-0.2, -0.15) is 0 Å². The summed E-state index contributed by atoms with van der Waals surface area (Å²) in [7, 11) is 0. The molecule has 0 saturated heterocycles. The first kappa shape index (κ1) is 14.5. The molecule has 0 amide bonds. The zero-order valence-electron chi connectivity index (χ0n) is 12.7. The largest absolute Gasteiger partial charge is 0.368 e. The van der Waals surface area contributed by atoms with Crippen molar-refractivity contribution in [1.29, 1.82) is 0 Å². The number of aliphatic imine (C=N–C) groups is 1. The van der Waals surface area contributed by atoms with Crippen molar-refractivity contribution in [1.82, 2.24) is 10.6 Å². The van der Waals surface area contributed by atoms with Crippen LogP contribution in [0, 0.1) is 11.7 Å². The Balaban J connectivity index is 1.72. The summed E-state index contributed by atoms with van der Waals surface area (Å²) in [5.74, 6) is 1.52. The Morgan fingerprint density at radius 3 is 2.90 bits per heavy atom. The molecule has 0 unspecified atom stereocenters. The Bertz CT molecular complexity index is 511. The maximum absolute atomic E-state index is 13.0. The molecular formula is C17H24FN3. The third-order valence-corrected chi connectivity index (χ3v) is 4.92. The average molecular weight is 289 g/mol. The van der Waals surface area contributed by atoms with Gasteiger partial charge in [0.2, 0.25) is 0 Å². The molecule has 1 saturated carbocycles. The van der Waals surface area contributed by atoms with Gasteiger partial charge in [-0.25, -0.2) is 4.39 Å². The van der Waals surface area contributed by atoms with Crippen LogP contribution in [-0.2, 0) is 6.54 Å². The lowest BCUT2D eigenvalue weighted by atomic mass is 9.72. The van der Waals surface area contributed by atoms with Crippen LogP contribution in [0.2, 0.25) is 0 Å². The van der Waals surface area contributed by atoms with Gasteiger partial charge in [-0.15, -0.1) is 0 Å². The maximum atomic E-state index is 13.0. The highest BCUT2D eigenvalue weighted by Gasteiger charge is 2.43. The van der Waals surface area contributed by atoms with E-state index in [1.165, 1.54) is 31.4 Å². The number of benzene rings is 1. The van der Waals surface area contributed by atoms with E-state index in [9.17, 15) is 4.39 Å². The van der Waals surface area contributed by atoms with E-state index in [1.54, 1.807) is 0 Å². The second-order valence-corrected chi connectivity index (χ2v) is 6.26. The summed E-state index contributed by atoms with van der Waals surface area (Å²) < 4.78 is 13.0. The normalized spacial score (nSPS) is 29.2. The fraction of sp³-hybridized carbons (Fsp3) is 0.588. The second-order valence-electron chi connectivity index (χ2n) is 6.26. The van der Waals surface area contributed by atoms with E-state index in [1.807, 2.05) is 12.1 Å². The SMILES string of the molecule is C[C@H]1CCCC[C@]12NCCN=C2NCc1ccc(F)cc1. The molecule has 3 nitrogen and oxygen atoms in total. The lowest BCUT2D eigenvalue weighted by Gasteiger charge is -2.46. The number of hydrogen-bond donors (Lipinski definition) is 2. The smallest absolute Gasteiger partial charge is 0.123 e. The molecule has 1 fully saturated rings. The Morgan fingerprint density at radius 2 is 2.14 bits per heavy atom. The highest BCUT2D eigenvalue weighted by molar-refractivity contribution is 5.92. The summed E-state index contributed by atoms with van der Waals surface area (Å²) in [5.41, 5.74) is 1.11. The van der Waals surface area contributed by atoms with E-state index in [2.05, 4.69) is 17.6 Å². The van der Waals surface area contributed by atoms with Crippen molar-refractivity contribution >= 4 is 5.84 Å². The lowest BCUT2D eigenvalue weighted by Crippen LogP contribution is -2.64. The highest BCUT2D eigenvalue weighted by Crippen LogP contribution is 2.35. The van der Waals surface area contributed by atoms with Crippen LogP contribution in [0.4, 0.5) is 4.39 Å². The topological polar surface area (TPSA) is 36.4 Å². The van der Waals surface area contributed by atoms with Gasteiger partial charge in [-0.05, 0) is 36.5 Å². The minimum Gasteiger partial charge on any atom is -0.368 e. The Kier molecular flexibility index (Phi) is 4.24. The Morgan fingerprint density at radius 1 is 1.33 bits per heavy atom. The fourth-order valence-electron chi connectivity index (χ4n) is 3.63. The minimum atomic E-state index is -0.187. The predicted octanol–water partition coefficient (Wildman–Crippen LogP) is 2.87. The predicted molar refractivity (Wildman–Crippen MR) is 83.9 cm³/mol. The van der Waals surface area contributed by atoms with Crippen LogP contribution in [0.25, 0.3) is 0 Å². The third-order valence-electron chi connectivity index (χ3n) is 4.92. The summed E-state index contributed by atoms with van der Waals surface area (Å²) in [6, 6.07) is 6.68. The molecule has 4 heteroatoms. The molecule has 1 heterocycles. The number of hydrogen-bond acceptors (Lipinski definition) is 3. The van der Waals surface area contributed by atoms with Crippen LogP contribution in [0.5, 0.6) is 0 Å². The molecule has 0 radical (unpaired) electrons.